The van der Waals surface area contributed by atoms with Gasteiger partial charge in [-0.3, -0.25) is 10.4 Å². The number of likely N-dealkylation sites (tertiary alicyclic amines) is 1. The van der Waals surface area contributed by atoms with E-state index in [0.29, 0.717) is 0 Å². The zero-order chi connectivity index (χ0) is 13.4. The molecule has 3 N–H and O–H groups in total. The van der Waals surface area contributed by atoms with Gasteiger partial charge < -0.3 is 9.80 Å². The van der Waals surface area contributed by atoms with Crippen LogP contribution in [0.2, 0.25) is 0 Å². The molecule has 1 aliphatic rings. The lowest BCUT2D eigenvalue weighted by Gasteiger charge is -2.34. The molecule has 0 aromatic carbocycles. The number of rotatable bonds is 5. The Bertz CT molecular complexity index is 244. The smallest absolute Gasteiger partial charge is 0.208 e. The van der Waals surface area contributed by atoms with E-state index < -0.39 is 0 Å². The normalized spacial score (nSPS) is 18.5. The highest BCUT2D eigenvalue weighted by molar-refractivity contribution is 5.79. The fraction of sp³-hybridized carbons (Fsp3) is 0.923. The summed E-state index contributed by atoms with van der Waals surface area (Å²) in [5, 5.41) is 0. The van der Waals surface area contributed by atoms with Crippen molar-refractivity contribution in [3.8, 4) is 0 Å². The molecule has 106 valence electrons. The number of nitrogens with one attached hydrogen (secondary N) is 1. The first-order valence-corrected chi connectivity index (χ1v) is 7.08. The first kappa shape index (κ1) is 15.2. The Labute approximate surface area is 111 Å². The Morgan fingerprint density at radius 2 is 2.06 bits per heavy atom. The lowest BCUT2D eigenvalue weighted by Crippen LogP contribution is -2.49. The van der Waals surface area contributed by atoms with Gasteiger partial charge in [-0.2, -0.15) is 0 Å². The number of hydrogen-bond donors (Lipinski definition) is 2. The van der Waals surface area contributed by atoms with Crippen LogP contribution in [-0.4, -0.2) is 56.0 Å². The number of hydrogen-bond acceptors (Lipinski definition) is 3. The number of nitrogens with zero attached hydrogens (tertiary/aromatic N) is 3. The van der Waals surface area contributed by atoms with E-state index in [1.54, 1.807) is 0 Å². The van der Waals surface area contributed by atoms with Crippen molar-refractivity contribution >= 4 is 5.96 Å². The lowest BCUT2D eigenvalue weighted by molar-refractivity contribution is 0.215. The van der Waals surface area contributed by atoms with Crippen LogP contribution in [0, 0.1) is 5.92 Å². The summed E-state index contributed by atoms with van der Waals surface area (Å²) in [6, 6.07) is 0. The van der Waals surface area contributed by atoms with Gasteiger partial charge in [0.1, 0.15) is 0 Å². The molecule has 18 heavy (non-hydrogen) atoms. The summed E-state index contributed by atoms with van der Waals surface area (Å²) in [6.45, 7) is 6.36. The first-order chi connectivity index (χ1) is 8.67. The van der Waals surface area contributed by atoms with E-state index in [4.69, 9.17) is 5.84 Å². The number of unbranched alkanes of at least 4 members (excludes halogenated alkanes) is 1. The Balaban J connectivity index is 2.37. The summed E-state index contributed by atoms with van der Waals surface area (Å²) in [6.07, 6.45) is 4.76. The molecule has 0 saturated carbocycles. The Hall–Kier alpha value is -0.810. The first-order valence-electron chi connectivity index (χ1n) is 7.08. The van der Waals surface area contributed by atoms with Gasteiger partial charge in [-0.1, -0.05) is 13.3 Å². The van der Waals surface area contributed by atoms with Crippen LogP contribution in [0.25, 0.3) is 0 Å². The molecule has 1 saturated heterocycles. The molecule has 5 nitrogen and oxygen atoms in total. The summed E-state index contributed by atoms with van der Waals surface area (Å²) in [7, 11) is 4.29. The highest BCUT2D eigenvalue weighted by Gasteiger charge is 2.21. The number of guanidine groups is 1. The standard InChI is InChI=1S/C13H29N5/c1-4-5-8-15-13(16-14)18-9-6-12(7-10-18)11-17(2)3/h12H,4-11,14H2,1-3H3,(H,15,16). The van der Waals surface area contributed by atoms with Crippen molar-refractivity contribution in [2.24, 2.45) is 16.8 Å². The average Bonchev–Trinajstić information content (AvgIpc) is 2.35. The molecule has 0 spiro atoms. The van der Waals surface area contributed by atoms with E-state index >= 15 is 0 Å². The zero-order valence-electron chi connectivity index (χ0n) is 12.2. The van der Waals surface area contributed by atoms with E-state index in [0.717, 1.165) is 37.9 Å². The number of aliphatic imine (C=N–C) groups is 1. The number of hydrazine groups is 1. The van der Waals surface area contributed by atoms with Gasteiger partial charge in [-0.15, -0.1) is 0 Å². The van der Waals surface area contributed by atoms with Crippen molar-refractivity contribution in [3.05, 3.63) is 0 Å². The highest BCUT2D eigenvalue weighted by Crippen LogP contribution is 2.17. The molecule has 0 aromatic heterocycles. The summed E-state index contributed by atoms with van der Waals surface area (Å²) < 4.78 is 0. The maximum absolute atomic E-state index is 5.57. The van der Waals surface area contributed by atoms with Crippen LogP contribution < -0.4 is 11.3 Å². The van der Waals surface area contributed by atoms with Crippen molar-refractivity contribution in [1.29, 1.82) is 0 Å². The van der Waals surface area contributed by atoms with E-state index in [1.165, 1.54) is 25.8 Å². The van der Waals surface area contributed by atoms with Gasteiger partial charge in [0.05, 0.1) is 0 Å². The molecule has 0 aromatic rings. The Morgan fingerprint density at radius 3 is 2.56 bits per heavy atom. The molecule has 0 bridgehead atoms. The van der Waals surface area contributed by atoms with Gasteiger partial charge in [0, 0.05) is 26.2 Å². The molecule has 0 aliphatic carbocycles. The van der Waals surface area contributed by atoms with Crippen molar-refractivity contribution < 1.29 is 0 Å². The third-order valence-electron chi connectivity index (χ3n) is 3.44. The van der Waals surface area contributed by atoms with Crippen molar-refractivity contribution in [2.45, 2.75) is 32.6 Å². The minimum absolute atomic E-state index is 0.811. The summed E-state index contributed by atoms with van der Waals surface area (Å²) >= 11 is 0. The molecular formula is C13H29N5. The molecule has 0 atom stereocenters. The monoisotopic (exact) mass is 255 g/mol. The third-order valence-corrected chi connectivity index (χ3v) is 3.44. The number of piperidine rings is 1. The van der Waals surface area contributed by atoms with Gasteiger partial charge in [0.25, 0.3) is 0 Å². The van der Waals surface area contributed by atoms with Crippen molar-refractivity contribution in [1.82, 2.24) is 15.2 Å². The quantitative estimate of drug-likeness (QED) is 0.252. The fourth-order valence-corrected chi connectivity index (χ4v) is 2.42. The van der Waals surface area contributed by atoms with Gasteiger partial charge in [-0.25, -0.2) is 5.84 Å². The molecule has 0 radical (unpaired) electrons. The van der Waals surface area contributed by atoms with Gasteiger partial charge >= 0.3 is 0 Å². The van der Waals surface area contributed by atoms with E-state index in [-0.39, 0.29) is 0 Å². The topological polar surface area (TPSA) is 56.9 Å². The third kappa shape index (κ3) is 5.23. The second kappa shape index (κ2) is 8.32. The van der Waals surface area contributed by atoms with Gasteiger partial charge in [0.15, 0.2) is 0 Å². The molecular weight excluding hydrogens is 226 g/mol. The number of nitrogens with two attached hydrogens (primary N) is 1. The minimum atomic E-state index is 0.811. The fourth-order valence-electron chi connectivity index (χ4n) is 2.42. The van der Waals surface area contributed by atoms with Crippen LogP contribution >= 0.6 is 0 Å². The molecule has 0 amide bonds. The Kier molecular flexibility index (Phi) is 7.05. The second-order valence-corrected chi connectivity index (χ2v) is 5.40. The van der Waals surface area contributed by atoms with Gasteiger partial charge in [0.2, 0.25) is 5.96 Å². The summed E-state index contributed by atoms with van der Waals surface area (Å²) in [4.78, 5) is 9.09. The second-order valence-electron chi connectivity index (χ2n) is 5.40. The maximum Gasteiger partial charge on any atom is 0.208 e. The molecule has 1 fully saturated rings. The van der Waals surface area contributed by atoms with E-state index in [9.17, 15) is 0 Å². The van der Waals surface area contributed by atoms with E-state index in [2.05, 4.69) is 41.2 Å². The molecule has 0 unspecified atom stereocenters. The van der Waals surface area contributed by atoms with Gasteiger partial charge in [-0.05, 0) is 39.3 Å². The zero-order valence-corrected chi connectivity index (χ0v) is 12.2. The summed E-state index contributed by atoms with van der Waals surface area (Å²) in [5.41, 5.74) is 2.75. The highest BCUT2D eigenvalue weighted by atomic mass is 15.4. The molecule has 5 heteroatoms. The van der Waals surface area contributed by atoms with Crippen LogP contribution in [0.5, 0.6) is 0 Å². The maximum atomic E-state index is 5.57. The molecule has 1 rings (SSSR count). The predicted molar refractivity (Wildman–Crippen MR) is 77.4 cm³/mol. The van der Waals surface area contributed by atoms with Crippen molar-refractivity contribution in [3.63, 3.8) is 0 Å². The van der Waals surface area contributed by atoms with Crippen LogP contribution in [0.15, 0.2) is 4.99 Å². The van der Waals surface area contributed by atoms with Crippen LogP contribution in [0.3, 0.4) is 0 Å². The molecule has 1 aliphatic heterocycles. The van der Waals surface area contributed by atoms with Crippen LogP contribution in [-0.2, 0) is 0 Å². The molecule has 1 heterocycles. The average molecular weight is 255 g/mol. The van der Waals surface area contributed by atoms with Crippen LogP contribution in [0.1, 0.15) is 32.6 Å². The Morgan fingerprint density at radius 1 is 1.39 bits per heavy atom. The summed E-state index contributed by atoms with van der Waals surface area (Å²) in [5.74, 6) is 7.25. The predicted octanol–water partition coefficient (Wildman–Crippen LogP) is 0.879. The van der Waals surface area contributed by atoms with Crippen LogP contribution in [0.4, 0.5) is 0 Å². The largest absolute Gasteiger partial charge is 0.342 e. The SMILES string of the molecule is CCCCN=C(NN)N1CCC(CN(C)C)CC1. The lowest BCUT2D eigenvalue weighted by atomic mass is 9.96. The minimum Gasteiger partial charge on any atom is -0.342 e. The van der Waals surface area contributed by atoms with Crippen molar-refractivity contribution in [2.75, 3.05) is 40.3 Å². The van der Waals surface area contributed by atoms with E-state index in [1.807, 2.05) is 0 Å².